The van der Waals surface area contributed by atoms with Gasteiger partial charge in [-0.3, -0.25) is 9.59 Å². The summed E-state index contributed by atoms with van der Waals surface area (Å²) in [6, 6.07) is 0. The zero-order valence-electron chi connectivity index (χ0n) is 7.48. The summed E-state index contributed by atoms with van der Waals surface area (Å²) >= 11 is 5.67. The number of hydrogen-bond donors (Lipinski definition) is 1. The number of carbonyl (C=O) groups is 2. The molecule has 0 bridgehead atoms. The Balaban J connectivity index is 3.29. The molecule has 1 aliphatic carbocycles. The second kappa shape index (κ2) is 3.44. The standard InChI is InChI=1S/C9H10ClNO2/c1-4-6(3-11)9(13)7(10)5(2)8(4)12/h3,11H2,1-2H3. The molecule has 1 rings (SSSR count). The quantitative estimate of drug-likeness (QED) is 0.639. The second-order valence-electron chi connectivity index (χ2n) is 2.90. The van der Waals surface area contributed by atoms with Crippen LogP contribution in [0.4, 0.5) is 0 Å². The summed E-state index contributed by atoms with van der Waals surface area (Å²) in [5.41, 5.74) is 6.38. The Morgan fingerprint density at radius 2 is 1.69 bits per heavy atom. The lowest BCUT2D eigenvalue weighted by Crippen LogP contribution is -2.24. The number of hydrogen-bond acceptors (Lipinski definition) is 3. The highest BCUT2D eigenvalue weighted by molar-refractivity contribution is 6.49. The topological polar surface area (TPSA) is 60.2 Å². The third-order valence-electron chi connectivity index (χ3n) is 2.14. The van der Waals surface area contributed by atoms with Crippen molar-refractivity contribution in [1.29, 1.82) is 0 Å². The number of halogens is 1. The molecule has 0 unspecified atom stereocenters. The van der Waals surface area contributed by atoms with E-state index in [2.05, 4.69) is 0 Å². The lowest BCUT2D eigenvalue weighted by atomic mass is 9.91. The maximum atomic E-state index is 11.4. The smallest absolute Gasteiger partial charge is 0.202 e. The van der Waals surface area contributed by atoms with E-state index in [-0.39, 0.29) is 23.1 Å². The van der Waals surface area contributed by atoms with E-state index in [0.29, 0.717) is 16.7 Å². The molecule has 0 aliphatic heterocycles. The van der Waals surface area contributed by atoms with Crippen molar-refractivity contribution in [2.75, 3.05) is 6.54 Å². The van der Waals surface area contributed by atoms with Gasteiger partial charge in [-0.2, -0.15) is 0 Å². The van der Waals surface area contributed by atoms with Crippen molar-refractivity contribution in [2.45, 2.75) is 13.8 Å². The number of carbonyl (C=O) groups excluding carboxylic acids is 2. The van der Waals surface area contributed by atoms with E-state index in [9.17, 15) is 9.59 Å². The lowest BCUT2D eigenvalue weighted by molar-refractivity contribution is -0.116. The van der Waals surface area contributed by atoms with Gasteiger partial charge < -0.3 is 5.73 Å². The Morgan fingerprint density at radius 1 is 1.15 bits per heavy atom. The summed E-state index contributed by atoms with van der Waals surface area (Å²) in [6.45, 7) is 3.19. The minimum Gasteiger partial charge on any atom is -0.326 e. The highest BCUT2D eigenvalue weighted by Crippen LogP contribution is 2.25. The average Bonchev–Trinajstić information content (AvgIpc) is 2.13. The first-order valence-corrected chi connectivity index (χ1v) is 4.24. The fraction of sp³-hybridized carbons (Fsp3) is 0.333. The maximum absolute atomic E-state index is 11.4. The summed E-state index contributed by atoms with van der Waals surface area (Å²) in [4.78, 5) is 22.9. The third-order valence-corrected chi connectivity index (χ3v) is 2.60. The van der Waals surface area contributed by atoms with Gasteiger partial charge in [-0.15, -0.1) is 0 Å². The van der Waals surface area contributed by atoms with Crippen molar-refractivity contribution in [3.8, 4) is 0 Å². The van der Waals surface area contributed by atoms with Crippen LogP contribution in [0.2, 0.25) is 0 Å². The van der Waals surface area contributed by atoms with Crippen LogP contribution in [-0.4, -0.2) is 18.1 Å². The Kier molecular flexibility index (Phi) is 2.68. The van der Waals surface area contributed by atoms with Crippen molar-refractivity contribution >= 4 is 23.2 Å². The van der Waals surface area contributed by atoms with Gasteiger partial charge in [0.25, 0.3) is 0 Å². The predicted octanol–water partition coefficient (Wildman–Crippen LogP) is 0.926. The number of nitrogens with two attached hydrogens (primary N) is 1. The summed E-state index contributed by atoms with van der Waals surface area (Å²) in [5, 5.41) is -0.00366. The molecule has 3 nitrogen and oxygen atoms in total. The maximum Gasteiger partial charge on any atom is 0.202 e. The molecule has 1 aliphatic rings. The van der Waals surface area contributed by atoms with Crippen LogP contribution in [0.25, 0.3) is 0 Å². The zero-order valence-corrected chi connectivity index (χ0v) is 8.23. The lowest BCUT2D eigenvalue weighted by Gasteiger charge is -2.15. The van der Waals surface area contributed by atoms with Gasteiger partial charge >= 0.3 is 0 Å². The zero-order chi connectivity index (χ0) is 10.2. The molecule has 4 heteroatoms. The molecule has 0 aromatic rings. The van der Waals surface area contributed by atoms with Crippen LogP contribution in [0.5, 0.6) is 0 Å². The van der Waals surface area contributed by atoms with Crippen LogP contribution < -0.4 is 5.73 Å². The van der Waals surface area contributed by atoms with E-state index >= 15 is 0 Å². The van der Waals surface area contributed by atoms with Crippen molar-refractivity contribution in [3.05, 3.63) is 21.8 Å². The van der Waals surface area contributed by atoms with Crippen molar-refractivity contribution in [3.63, 3.8) is 0 Å². The molecule has 13 heavy (non-hydrogen) atoms. The second-order valence-corrected chi connectivity index (χ2v) is 3.28. The molecule has 0 saturated carbocycles. The fourth-order valence-corrected chi connectivity index (χ4v) is 1.44. The van der Waals surface area contributed by atoms with Gasteiger partial charge in [0.05, 0.1) is 5.03 Å². The molecule has 0 aromatic carbocycles. The van der Waals surface area contributed by atoms with Crippen LogP contribution in [0.15, 0.2) is 21.8 Å². The van der Waals surface area contributed by atoms with Crippen LogP contribution in [0, 0.1) is 0 Å². The highest BCUT2D eigenvalue weighted by Gasteiger charge is 2.27. The van der Waals surface area contributed by atoms with Gasteiger partial charge in [-0.05, 0) is 13.8 Å². The molecule has 70 valence electrons. The van der Waals surface area contributed by atoms with Gasteiger partial charge in [-0.1, -0.05) is 11.6 Å². The van der Waals surface area contributed by atoms with E-state index in [1.165, 1.54) is 0 Å². The van der Waals surface area contributed by atoms with E-state index in [4.69, 9.17) is 17.3 Å². The number of allylic oxidation sites excluding steroid dienone is 3. The van der Waals surface area contributed by atoms with Crippen molar-refractivity contribution in [2.24, 2.45) is 5.73 Å². The Bertz CT molecular complexity index is 353. The number of rotatable bonds is 1. The molecule has 0 atom stereocenters. The van der Waals surface area contributed by atoms with Gasteiger partial charge in [0, 0.05) is 23.3 Å². The normalized spacial score (nSPS) is 18.8. The summed E-state index contributed by atoms with van der Waals surface area (Å²) in [5.74, 6) is -0.510. The number of Topliss-reactive ketones (excluding diaryl/α,β-unsaturated/α-hetero) is 2. The Morgan fingerprint density at radius 3 is 2.15 bits per heavy atom. The molecule has 0 heterocycles. The minimum atomic E-state index is -0.321. The van der Waals surface area contributed by atoms with Crippen molar-refractivity contribution < 1.29 is 9.59 Å². The molecule has 2 N–H and O–H groups in total. The largest absolute Gasteiger partial charge is 0.326 e. The van der Waals surface area contributed by atoms with Crippen LogP contribution >= 0.6 is 11.6 Å². The van der Waals surface area contributed by atoms with Crippen LogP contribution in [0.1, 0.15) is 13.8 Å². The molecular formula is C9H10ClNO2. The summed E-state index contributed by atoms with van der Waals surface area (Å²) in [6.07, 6.45) is 0. The highest BCUT2D eigenvalue weighted by atomic mass is 35.5. The molecule has 0 spiro atoms. The van der Waals surface area contributed by atoms with E-state index in [0.717, 1.165) is 0 Å². The first kappa shape index (κ1) is 10.2. The van der Waals surface area contributed by atoms with Crippen LogP contribution in [0.3, 0.4) is 0 Å². The fourth-order valence-electron chi connectivity index (χ4n) is 1.24. The van der Waals surface area contributed by atoms with E-state index in [1.807, 2.05) is 0 Å². The Labute approximate surface area is 81.2 Å². The van der Waals surface area contributed by atoms with Crippen LogP contribution in [-0.2, 0) is 9.59 Å². The molecule has 0 radical (unpaired) electrons. The molecule has 0 aromatic heterocycles. The monoisotopic (exact) mass is 199 g/mol. The van der Waals surface area contributed by atoms with Gasteiger partial charge in [0.15, 0.2) is 5.78 Å². The molecule has 0 saturated heterocycles. The Hall–Kier alpha value is -0.930. The average molecular weight is 200 g/mol. The van der Waals surface area contributed by atoms with Crippen molar-refractivity contribution in [1.82, 2.24) is 0 Å². The minimum absolute atomic E-state index is 0.00366. The van der Waals surface area contributed by atoms with Gasteiger partial charge in [0.1, 0.15) is 0 Å². The van der Waals surface area contributed by atoms with E-state index in [1.54, 1.807) is 13.8 Å². The molecule has 0 amide bonds. The third kappa shape index (κ3) is 1.45. The van der Waals surface area contributed by atoms with Gasteiger partial charge in [0.2, 0.25) is 5.78 Å². The molecule has 0 fully saturated rings. The predicted molar refractivity (Wildman–Crippen MR) is 50.3 cm³/mol. The summed E-state index contributed by atoms with van der Waals surface area (Å²) < 4.78 is 0. The van der Waals surface area contributed by atoms with Gasteiger partial charge in [-0.25, -0.2) is 0 Å². The molecular weight excluding hydrogens is 190 g/mol. The number of ketones is 2. The SMILES string of the molecule is CC1=C(Cl)C(=O)C(CN)=C(C)C1=O. The first-order valence-electron chi connectivity index (χ1n) is 3.86. The summed E-state index contributed by atoms with van der Waals surface area (Å²) in [7, 11) is 0. The first-order chi connectivity index (χ1) is 6.00. The van der Waals surface area contributed by atoms with E-state index < -0.39 is 0 Å².